The first kappa shape index (κ1) is 24.9. The number of carbonyl (C=O) groups excluding carboxylic acids is 2. The monoisotopic (exact) mass is 498 g/mol. The fourth-order valence-electron chi connectivity index (χ4n) is 5.72. The standard InChI is InChI=1S/C31H34N2O4/c1-21(2)28-29(34)33(20-23-12-16-26(37-4)17-13-23)31(18-27(31)24-8-6-5-7-9-24)30(35)32(28)19-22-10-14-25(36-3)15-11-22/h5-17,21,27-28H,18-20H2,1-4H3/t27-,28+,31+/m1/s1. The Bertz CT molecular complexity index is 1260. The summed E-state index contributed by atoms with van der Waals surface area (Å²) >= 11 is 0. The Labute approximate surface area is 218 Å². The van der Waals surface area contributed by atoms with E-state index >= 15 is 0 Å². The van der Waals surface area contributed by atoms with Crippen LogP contribution in [-0.4, -0.2) is 47.4 Å². The molecule has 3 aromatic carbocycles. The molecule has 3 aromatic rings. The summed E-state index contributed by atoms with van der Waals surface area (Å²) in [7, 11) is 3.27. The topological polar surface area (TPSA) is 59.1 Å². The van der Waals surface area contributed by atoms with Gasteiger partial charge in [-0.05, 0) is 53.3 Å². The molecule has 1 saturated heterocycles. The highest BCUT2D eigenvalue weighted by Crippen LogP contribution is 2.59. The lowest BCUT2D eigenvalue weighted by Crippen LogP contribution is -2.67. The van der Waals surface area contributed by atoms with E-state index in [1.165, 1.54) is 0 Å². The van der Waals surface area contributed by atoms with Gasteiger partial charge in [0, 0.05) is 19.0 Å². The molecule has 1 saturated carbocycles. The summed E-state index contributed by atoms with van der Waals surface area (Å²) in [6.07, 6.45) is 0.627. The second-order valence-electron chi connectivity index (χ2n) is 10.3. The van der Waals surface area contributed by atoms with Crippen LogP contribution in [0.15, 0.2) is 78.9 Å². The fourth-order valence-corrected chi connectivity index (χ4v) is 5.72. The van der Waals surface area contributed by atoms with Crippen molar-refractivity contribution < 1.29 is 19.1 Å². The molecule has 1 aliphatic carbocycles. The molecule has 2 aliphatic rings. The summed E-state index contributed by atoms with van der Waals surface area (Å²) in [5.74, 6) is 1.51. The number of hydrogen-bond donors (Lipinski definition) is 0. The molecule has 0 bridgehead atoms. The van der Waals surface area contributed by atoms with Gasteiger partial charge in [0.1, 0.15) is 23.1 Å². The Balaban J connectivity index is 1.53. The maximum absolute atomic E-state index is 14.5. The Morgan fingerprint density at radius 2 is 1.35 bits per heavy atom. The van der Waals surface area contributed by atoms with Gasteiger partial charge in [-0.2, -0.15) is 0 Å². The number of piperazine rings is 1. The van der Waals surface area contributed by atoms with Crippen molar-refractivity contribution in [1.29, 1.82) is 0 Å². The fraction of sp³-hybridized carbons (Fsp3) is 0.355. The molecule has 0 unspecified atom stereocenters. The van der Waals surface area contributed by atoms with Crippen molar-refractivity contribution in [2.24, 2.45) is 5.92 Å². The summed E-state index contributed by atoms with van der Waals surface area (Å²) in [6, 6.07) is 25.0. The number of methoxy groups -OCH3 is 2. The van der Waals surface area contributed by atoms with Crippen molar-refractivity contribution in [3.05, 3.63) is 95.6 Å². The molecular weight excluding hydrogens is 464 g/mol. The highest BCUT2D eigenvalue weighted by atomic mass is 16.5. The maximum atomic E-state index is 14.5. The summed E-state index contributed by atoms with van der Waals surface area (Å²) in [6.45, 7) is 4.80. The van der Waals surface area contributed by atoms with Gasteiger partial charge in [0.25, 0.3) is 0 Å². The van der Waals surface area contributed by atoms with Crippen LogP contribution in [0, 0.1) is 5.92 Å². The number of amides is 2. The average molecular weight is 499 g/mol. The van der Waals surface area contributed by atoms with Gasteiger partial charge < -0.3 is 19.3 Å². The number of nitrogens with zero attached hydrogens (tertiary/aromatic N) is 2. The largest absolute Gasteiger partial charge is 0.497 e. The number of carbonyl (C=O) groups is 2. The van der Waals surface area contributed by atoms with Crippen LogP contribution < -0.4 is 9.47 Å². The van der Waals surface area contributed by atoms with Crippen molar-refractivity contribution in [2.45, 2.75) is 50.9 Å². The quantitative estimate of drug-likeness (QED) is 0.437. The molecule has 1 spiro atoms. The van der Waals surface area contributed by atoms with Crippen LogP contribution in [0.1, 0.15) is 42.9 Å². The van der Waals surface area contributed by atoms with Gasteiger partial charge >= 0.3 is 0 Å². The summed E-state index contributed by atoms with van der Waals surface area (Å²) < 4.78 is 10.6. The molecule has 2 amide bonds. The predicted molar refractivity (Wildman–Crippen MR) is 142 cm³/mol. The molecule has 6 nitrogen and oxygen atoms in total. The Hall–Kier alpha value is -3.80. The minimum absolute atomic E-state index is 0.0114. The molecule has 1 heterocycles. The molecule has 0 radical (unpaired) electrons. The van der Waals surface area contributed by atoms with Crippen LogP contribution in [-0.2, 0) is 22.7 Å². The first-order valence-corrected chi connectivity index (χ1v) is 12.8. The highest BCUT2D eigenvalue weighted by Gasteiger charge is 2.70. The smallest absolute Gasteiger partial charge is 0.250 e. The highest BCUT2D eigenvalue weighted by molar-refractivity contribution is 6.03. The lowest BCUT2D eigenvalue weighted by molar-refractivity contribution is -0.168. The SMILES string of the molecule is COc1ccc(CN2C(=O)[C@@]3(C[C@@H]3c3ccccc3)N(Cc3ccc(OC)cc3)C(=O)[C@@H]2C(C)C)cc1. The van der Waals surface area contributed by atoms with Gasteiger partial charge in [-0.3, -0.25) is 9.59 Å². The van der Waals surface area contributed by atoms with Gasteiger partial charge in [0.2, 0.25) is 11.8 Å². The zero-order valence-electron chi connectivity index (χ0n) is 21.9. The number of benzene rings is 3. The zero-order chi connectivity index (χ0) is 26.2. The first-order chi connectivity index (χ1) is 17.9. The maximum Gasteiger partial charge on any atom is 0.250 e. The van der Waals surface area contributed by atoms with E-state index in [1.807, 2.05) is 90.4 Å². The van der Waals surface area contributed by atoms with E-state index < -0.39 is 11.6 Å². The Morgan fingerprint density at radius 3 is 1.86 bits per heavy atom. The van der Waals surface area contributed by atoms with Crippen molar-refractivity contribution in [2.75, 3.05) is 14.2 Å². The molecule has 1 aliphatic heterocycles. The minimum Gasteiger partial charge on any atom is -0.497 e. The molecule has 5 rings (SSSR count). The molecular formula is C31H34N2O4. The lowest BCUT2D eigenvalue weighted by atomic mass is 9.91. The average Bonchev–Trinajstić information content (AvgIpc) is 3.67. The van der Waals surface area contributed by atoms with Gasteiger partial charge in [-0.25, -0.2) is 0 Å². The van der Waals surface area contributed by atoms with Crippen LogP contribution in [0.5, 0.6) is 11.5 Å². The minimum atomic E-state index is -0.879. The second kappa shape index (κ2) is 9.92. The third-order valence-electron chi connectivity index (χ3n) is 7.74. The van der Waals surface area contributed by atoms with Crippen LogP contribution >= 0.6 is 0 Å². The van der Waals surface area contributed by atoms with E-state index in [-0.39, 0.29) is 23.7 Å². The summed E-state index contributed by atoms with van der Waals surface area (Å²) in [5.41, 5.74) is 2.17. The van der Waals surface area contributed by atoms with Crippen LogP contribution in [0.4, 0.5) is 0 Å². The van der Waals surface area contributed by atoms with Gasteiger partial charge in [0.05, 0.1) is 14.2 Å². The van der Waals surface area contributed by atoms with Crippen molar-refractivity contribution >= 4 is 11.8 Å². The van der Waals surface area contributed by atoms with Crippen molar-refractivity contribution in [1.82, 2.24) is 9.80 Å². The third kappa shape index (κ3) is 4.45. The first-order valence-electron chi connectivity index (χ1n) is 12.8. The summed E-state index contributed by atoms with van der Waals surface area (Å²) in [4.78, 5) is 32.4. The predicted octanol–water partition coefficient (Wildman–Crippen LogP) is 5.03. The van der Waals surface area contributed by atoms with E-state index in [2.05, 4.69) is 12.1 Å². The van der Waals surface area contributed by atoms with Gasteiger partial charge in [0.15, 0.2) is 0 Å². The van der Waals surface area contributed by atoms with E-state index in [9.17, 15) is 9.59 Å². The van der Waals surface area contributed by atoms with E-state index in [1.54, 1.807) is 14.2 Å². The normalized spacial score (nSPS) is 23.1. The van der Waals surface area contributed by atoms with Crippen LogP contribution in [0.3, 0.4) is 0 Å². The number of ether oxygens (including phenoxy) is 2. The Morgan fingerprint density at radius 1 is 0.811 bits per heavy atom. The summed E-state index contributed by atoms with van der Waals surface area (Å²) in [5, 5.41) is 0. The van der Waals surface area contributed by atoms with E-state index in [0.29, 0.717) is 19.5 Å². The molecule has 2 fully saturated rings. The molecule has 6 heteroatoms. The van der Waals surface area contributed by atoms with E-state index in [0.717, 1.165) is 28.2 Å². The lowest BCUT2D eigenvalue weighted by Gasteiger charge is -2.48. The van der Waals surface area contributed by atoms with Gasteiger partial charge in [-0.15, -0.1) is 0 Å². The van der Waals surface area contributed by atoms with Crippen molar-refractivity contribution in [3.8, 4) is 11.5 Å². The Kier molecular flexibility index (Phi) is 6.67. The molecule has 3 atom stereocenters. The second-order valence-corrected chi connectivity index (χ2v) is 10.3. The number of rotatable bonds is 8. The molecule has 0 N–H and O–H groups in total. The molecule has 192 valence electrons. The van der Waals surface area contributed by atoms with Crippen molar-refractivity contribution in [3.63, 3.8) is 0 Å². The molecule has 0 aromatic heterocycles. The third-order valence-corrected chi connectivity index (χ3v) is 7.74. The van der Waals surface area contributed by atoms with Gasteiger partial charge in [-0.1, -0.05) is 68.4 Å². The number of hydrogen-bond acceptors (Lipinski definition) is 4. The van der Waals surface area contributed by atoms with Crippen LogP contribution in [0.2, 0.25) is 0 Å². The van der Waals surface area contributed by atoms with Crippen LogP contribution in [0.25, 0.3) is 0 Å². The van der Waals surface area contributed by atoms with E-state index in [4.69, 9.17) is 9.47 Å². The zero-order valence-corrected chi connectivity index (χ0v) is 21.9. The molecule has 37 heavy (non-hydrogen) atoms.